The molecule has 1 aromatic rings. The number of amides is 1. The number of hydrogen-bond acceptors (Lipinski definition) is 2. The molecule has 1 amide bonds. The smallest absolute Gasteiger partial charge is 0.226 e. The van der Waals surface area contributed by atoms with E-state index in [0.717, 1.165) is 32.1 Å². The molecule has 0 radical (unpaired) electrons. The highest BCUT2D eigenvalue weighted by molar-refractivity contribution is 5.85. The van der Waals surface area contributed by atoms with Gasteiger partial charge >= 0.3 is 0 Å². The number of carbonyl (C=O) groups excluding carboxylic acids is 1. The summed E-state index contributed by atoms with van der Waals surface area (Å²) in [5, 5.41) is 3.03. The molecule has 0 saturated heterocycles. The number of benzene rings is 1. The van der Waals surface area contributed by atoms with Gasteiger partial charge in [-0.1, -0.05) is 36.8 Å². The summed E-state index contributed by atoms with van der Waals surface area (Å²) in [4.78, 5) is 12.3. The molecule has 0 aliphatic heterocycles. The van der Waals surface area contributed by atoms with Crippen molar-refractivity contribution in [3.63, 3.8) is 0 Å². The lowest BCUT2D eigenvalue weighted by Crippen LogP contribution is -2.47. The van der Waals surface area contributed by atoms with Gasteiger partial charge in [-0.05, 0) is 37.8 Å². The molecule has 1 aliphatic rings. The molecular weight excluding hydrogens is 260 g/mol. The maximum Gasteiger partial charge on any atom is 0.226 e. The first-order valence-corrected chi connectivity index (χ1v) is 6.79. The monoisotopic (exact) mass is 282 g/mol. The van der Waals surface area contributed by atoms with Crippen LogP contribution in [0.1, 0.15) is 31.2 Å². The number of nitrogens with two attached hydrogens (primary N) is 1. The summed E-state index contributed by atoms with van der Waals surface area (Å²) >= 11 is 0. The zero-order valence-electron chi connectivity index (χ0n) is 11.2. The van der Waals surface area contributed by atoms with E-state index in [1.165, 1.54) is 5.56 Å². The lowest BCUT2D eigenvalue weighted by Gasteiger charge is -2.40. The molecule has 4 heteroatoms. The minimum absolute atomic E-state index is 0. The first kappa shape index (κ1) is 16.0. The number of carbonyl (C=O) groups is 1. The second-order valence-corrected chi connectivity index (χ2v) is 5.19. The Bertz CT molecular complexity index is 390. The van der Waals surface area contributed by atoms with Gasteiger partial charge in [0.05, 0.1) is 5.41 Å². The molecule has 19 heavy (non-hydrogen) atoms. The summed E-state index contributed by atoms with van der Waals surface area (Å²) in [6, 6.07) is 10.3. The van der Waals surface area contributed by atoms with Crippen LogP contribution in [-0.2, 0) is 11.2 Å². The molecule has 1 aromatic carbocycles. The van der Waals surface area contributed by atoms with Crippen LogP contribution in [0.15, 0.2) is 30.3 Å². The second-order valence-electron chi connectivity index (χ2n) is 5.19. The van der Waals surface area contributed by atoms with E-state index in [1.54, 1.807) is 0 Å². The minimum atomic E-state index is -0.157. The molecular formula is C15H23ClN2O. The number of rotatable bonds is 6. The molecule has 1 aliphatic carbocycles. The molecule has 0 unspecified atom stereocenters. The molecule has 2 rings (SSSR count). The molecule has 0 heterocycles. The van der Waals surface area contributed by atoms with Crippen molar-refractivity contribution >= 4 is 18.3 Å². The van der Waals surface area contributed by atoms with Gasteiger partial charge in [0.1, 0.15) is 0 Å². The van der Waals surface area contributed by atoms with Gasteiger partial charge in [0, 0.05) is 6.54 Å². The lowest BCUT2D eigenvalue weighted by atomic mass is 9.64. The normalized spacial score (nSPS) is 16.1. The van der Waals surface area contributed by atoms with E-state index in [4.69, 9.17) is 5.73 Å². The van der Waals surface area contributed by atoms with Crippen LogP contribution < -0.4 is 11.1 Å². The van der Waals surface area contributed by atoms with E-state index in [0.29, 0.717) is 13.1 Å². The average Bonchev–Trinajstić information content (AvgIpc) is 2.35. The van der Waals surface area contributed by atoms with Gasteiger partial charge in [-0.25, -0.2) is 0 Å². The average molecular weight is 283 g/mol. The van der Waals surface area contributed by atoms with E-state index in [1.807, 2.05) is 18.2 Å². The Morgan fingerprint density at radius 1 is 1.26 bits per heavy atom. The third-order valence-corrected chi connectivity index (χ3v) is 3.84. The summed E-state index contributed by atoms with van der Waals surface area (Å²) in [6.45, 7) is 1.33. The first-order valence-electron chi connectivity index (χ1n) is 6.79. The summed E-state index contributed by atoms with van der Waals surface area (Å²) in [6.07, 6.45) is 4.90. The number of nitrogens with one attached hydrogen (secondary N) is 1. The van der Waals surface area contributed by atoms with Crippen molar-refractivity contribution in [3.8, 4) is 0 Å². The molecule has 106 valence electrons. The van der Waals surface area contributed by atoms with E-state index < -0.39 is 0 Å². The standard InChI is InChI=1S/C15H22N2O.ClH/c16-10-5-11-17-14(18)15(8-4-9-15)12-13-6-2-1-3-7-13;/h1-3,6-7H,4-5,8-12,16H2,(H,17,18);1H. The van der Waals surface area contributed by atoms with E-state index in [9.17, 15) is 4.79 Å². The van der Waals surface area contributed by atoms with E-state index in [2.05, 4.69) is 17.4 Å². The third-order valence-electron chi connectivity index (χ3n) is 3.84. The minimum Gasteiger partial charge on any atom is -0.356 e. The summed E-state index contributed by atoms with van der Waals surface area (Å²) < 4.78 is 0. The van der Waals surface area contributed by atoms with Crippen LogP contribution in [0.25, 0.3) is 0 Å². The maximum absolute atomic E-state index is 12.3. The zero-order chi connectivity index (χ0) is 12.8. The Balaban J connectivity index is 0.00000180. The fraction of sp³-hybridized carbons (Fsp3) is 0.533. The van der Waals surface area contributed by atoms with Crippen molar-refractivity contribution in [2.75, 3.05) is 13.1 Å². The summed E-state index contributed by atoms with van der Waals surface area (Å²) in [7, 11) is 0. The molecule has 0 atom stereocenters. The van der Waals surface area contributed by atoms with Crippen molar-refractivity contribution < 1.29 is 4.79 Å². The molecule has 3 N–H and O–H groups in total. The van der Waals surface area contributed by atoms with Crippen LogP contribution in [0.3, 0.4) is 0 Å². The van der Waals surface area contributed by atoms with Crippen molar-refractivity contribution in [1.29, 1.82) is 0 Å². The van der Waals surface area contributed by atoms with Gasteiger partial charge in [-0.3, -0.25) is 4.79 Å². The van der Waals surface area contributed by atoms with E-state index in [-0.39, 0.29) is 23.7 Å². The van der Waals surface area contributed by atoms with Gasteiger partial charge in [-0.15, -0.1) is 12.4 Å². The maximum atomic E-state index is 12.3. The van der Waals surface area contributed by atoms with Crippen LogP contribution in [0.2, 0.25) is 0 Å². The lowest BCUT2D eigenvalue weighted by molar-refractivity contribution is -0.135. The second kappa shape index (κ2) is 7.51. The Morgan fingerprint density at radius 3 is 2.47 bits per heavy atom. The number of hydrogen-bond donors (Lipinski definition) is 2. The van der Waals surface area contributed by atoms with Crippen molar-refractivity contribution in [2.24, 2.45) is 11.1 Å². The Hall–Kier alpha value is -1.06. The van der Waals surface area contributed by atoms with Gasteiger partial charge in [0.2, 0.25) is 5.91 Å². The third kappa shape index (κ3) is 3.95. The van der Waals surface area contributed by atoms with Gasteiger partial charge < -0.3 is 11.1 Å². The van der Waals surface area contributed by atoms with Gasteiger partial charge in [-0.2, -0.15) is 0 Å². The zero-order valence-corrected chi connectivity index (χ0v) is 12.0. The fourth-order valence-electron chi connectivity index (χ4n) is 2.57. The van der Waals surface area contributed by atoms with Crippen LogP contribution >= 0.6 is 12.4 Å². The molecule has 3 nitrogen and oxygen atoms in total. The quantitative estimate of drug-likeness (QED) is 0.787. The highest BCUT2D eigenvalue weighted by Gasteiger charge is 2.43. The SMILES string of the molecule is Cl.NCCCNC(=O)C1(Cc2ccccc2)CCC1. The topological polar surface area (TPSA) is 55.1 Å². The summed E-state index contributed by atoms with van der Waals surface area (Å²) in [5.41, 5.74) is 6.54. The van der Waals surface area contributed by atoms with E-state index >= 15 is 0 Å². The van der Waals surface area contributed by atoms with Crippen LogP contribution in [-0.4, -0.2) is 19.0 Å². The van der Waals surface area contributed by atoms with Crippen LogP contribution in [0.4, 0.5) is 0 Å². The van der Waals surface area contributed by atoms with Crippen molar-refractivity contribution in [2.45, 2.75) is 32.1 Å². The predicted octanol–water partition coefficient (Wildman–Crippen LogP) is 2.29. The van der Waals surface area contributed by atoms with Crippen molar-refractivity contribution in [3.05, 3.63) is 35.9 Å². The predicted molar refractivity (Wildman–Crippen MR) is 80.4 cm³/mol. The highest BCUT2D eigenvalue weighted by Crippen LogP contribution is 2.43. The number of halogens is 1. The molecule has 0 bridgehead atoms. The summed E-state index contributed by atoms with van der Waals surface area (Å²) in [5.74, 6) is 0.214. The van der Waals surface area contributed by atoms with Crippen molar-refractivity contribution in [1.82, 2.24) is 5.32 Å². The van der Waals surface area contributed by atoms with Gasteiger partial charge in [0.15, 0.2) is 0 Å². The Labute approximate surface area is 121 Å². The molecule has 0 aromatic heterocycles. The molecule has 1 saturated carbocycles. The molecule has 1 fully saturated rings. The fourth-order valence-corrected chi connectivity index (χ4v) is 2.57. The van der Waals surface area contributed by atoms with Gasteiger partial charge in [0.25, 0.3) is 0 Å². The Kier molecular flexibility index (Phi) is 6.32. The van der Waals surface area contributed by atoms with Crippen LogP contribution in [0, 0.1) is 5.41 Å². The van der Waals surface area contributed by atoms with Crippen LogP contribution in [0.5, 0.6) is 0 Å². The highest BCUT2D eigenvalue weighted by atomic mass is 35.5. The largest absolute Gasteiger partial charge is 0.356 e. The molecule has 0 spiro atoms. The Morgan fingerprint density at radius 2 is 1.95 bits per heavy atom. The first-order chi connectivity index (χ1) is 8.77.